The Balaban J connectivity index is 0.00000288. The summed E-state index contributed by atoms with van der Waals surface area (Å²) in [5.74, 6) is 0.130. The van der Waals surface area contributed by atoms with Crippen LogP contribution in [0.3, 0.4) is 0 Å². The number of nitrogens with one attached hydrogen (secondary N) is 2. The summed E-state index contributed by atoms with van der Waals surface area (Å²) in [5, 5.41) is 6.49. The van der Waals surface area contributed by atoms with Gasteiger partial charge in [0.2, 0.25) is 5.91 Å². The lowest BCUT2D eigenvalue weighted by Crippen LogP contribution is -2.52. The standard InChI is InChI=1S/C17H24ClN3O2.ClH/c1-11(2)8-16(22)20-13-4-5-15(18)14(9-13)17(23)21-7-6-19-10-12(21)3;/h4-5,9,11-12,19H,6-8,10H2,1-3H3,(H,20,22);1H/t12-;/m0./s1. The molecule has 24 heavy (non-hydrogen) atoms. The van der Waals surface area contributed by atoms with Crippen LogP contribution in [0.15, 0.2) is 18.2 Å². The number of carbonyl (C=O) groups is 2. The Kier molecular flexibility index (Phi) is 8.00. The summed E-state index contributed by atoms with van der Waals surface area (Å²) in [4.78, 5) is 26.5. The highest BCUT2D eigenvalue weighted by Gasteiger charge is 2.25. The minimum Gasteiger partial charge on any atom is -0.333 e. The molecule has 1 atom stereocenters. The van der Waals surface area contributed by atoms with E-state index in [1.165, 1.54) is 0 Å². The first-order valence-corrected chi connectivity index (χ1v) is 8.37. The van der Waals surface area contributed by atoms with Gasteiger partial charge in [-0.05, 0) is 31.0 Å². The van der Waals surface area contributed by atoms with Crippen molar-refractivity contribution in [3.63, 3.8) is 0 Å². The molecule has 1 aliphatic heterocycles. The van der Waals surface area contributed by atoms with Gasteiger partial charge in [0.25, 0.3) is 5.91 Å². The van der Waals surface area contributed by atoms with Crippen molar-refractivity contribution in [2.45, 2.75) is 33.2 Å². The number of benzene rings is 1. The summed E-state index contributed by atoms with van der Waals surface area (Å²) in [6.07, 6.45) is 0.445. The van der Waals surface area contributed by atoms with Gasteiger partial charge >= 0.3 is 0 Å². The zero-order valence-corrected chi connectivity index (χ0v) is 15.8. The first kappa shape index (κ1) is 20.7. The first-order valence-electron chi connectivity index (χ1n) is 7.99. The fraction of sp³-hybridized carbons (Fsp3) is 0.529. The van der Waals surface area contributed by atoms with E-state index in [2.05, 4.69) is 10.6 Å². The van der Waals surface area contributed by atoms with Gasteiger partial charge in [-0.1, -0.05) is 25.4 Å². The fourth-order valence-corrected chi connectivity index (χ4v) is 2.85. The summed E-state index contributed by atoms with van der Waals surface area (Å²) in [6.45, 7) is 8.18. The molecule has 1 heterocycles. The number of anilines is 1. The highest BCUT2D eigenvalue weighted by Crippen LogP contribution is 2.23. The Morgan fingerprint density at radius 3 is 2.75 bits per heavy atom. The number of nitrogens with zero attached hydrogens (tertiary/aromatic N) is 1. The molecular formula is C17H25Cl2N3O2. The Bertz CT molecular complexity index is 593. The van der Waals surface area contributed by atoms with Gasteiger partial charge in [0, 0.05) is 37.8 Å². The third-order valence-electron chi connectivity index (χ3n) is 3.84. The quantitative estimate of drug-likeness (QED) is 0.851. The maximum Gasteiger partial charge on any atom is 0.255 e. The predicted molar refractivity (Wildman–Crippen MR) is 100 cm³/mol. The van der Waals surface area contributed by atoms with Crippen LogP contribution in [0.2, 0.25) is 5.02 Å². The smallest absolute Gasteiger partial charge is 0.255 e. The second kappa shape index (κ2) is 9.25. The molecule has 0 unspecified atom stereocenters. The van der Waals surface area contributed by atoms with E-state index in [0.29, 0.717) is 29.2 Å². The van der Waals surface area contributed by atoms with Crippen molar-refractivity contribution in [3.05, 3.63) is 28.8 Å². The van der Waals surface area contributed by atoms with Crippen LogP contribution < -0.4 is 10.6 Å². The van der Waals surface area contributed by atoms with Gasteiger partial charge in [-0.15, -0.1) is 12.4 Å². The molecule has 0 saturated carbocycles. The second-order valence-corrected chi connectivity index (χ2v) is 6.80. The molecule has 1 aliphatic rings. The summed E-state index contributed by atoms with van der Waals surface area (Å²) in [7, 11) is 0. The van der Waals surface area contributed by atoms with Gasteiger partial charge in [-0.3, -0.25) is 9.59 Å². The maximum atomic E-state index is 12.7. The average Bonchev–Trinajstić information content (AvgIpc) is 2.48. The third kappa shape index (κ3) is 5.36. The monoisotopic (exact) mass is 373 g/mol. The summed E-state index contributed by atoms with van der Waals surface area (Å²) in [5.41, 5.74) is 1.04. The molecule has 5 nitrogen and oxygen atoms in total. The molecular weight excluding hydrogens is 349 g/mol. The highest BCUT2D eigenvalue weighted by molar-refractivity contribution is 6.34. The van der Waals surface area contributed by atoms with Crippen LogP contribution in [0, 0.1) is 5.92 Å². The predicted octanol–water partition coefficient (Wildman–Crippen LogP) is 3.18. The van der Waals surface area contributed by atoms with Crippen LogP contribution in [0.1, 0.15) is 37.6 Å². The SMILES string of the molecule is CC(C)CC(=O)Nc1ccc(Cl)c(C(=O)N2CCNC[C@@H]2C)c1.Cl. The Morgan fingerprint density at radius 1 is 1.42 bits per heavy atom. The Labute approximate surface area is 154 Å². The molecule has 1 saturated heterocycles. The number of hydrogen-bond donors (Lipinski definition) is 2. The minimum absolute atomic E-state index is 0. The van der Waals surface area contributed by atoms with E-state index in [0.717, 1.165) is 13.1 Å². The van der Waals surface area contributed by atoms with Gasteiger partial charge in [0.1, 0.15) is 0 Å². The van der Waals surface area contributed by atoms with Gasteiger partial charge in [-0.2, -0.15) is 0 Å². The van der Waals surface area contributed by atoms with Gasteiger partial charge in [-0.25, -0.2) is 0 Å². The van der Waals surface area contributed by atoms with Crippen LogP contribution in [-0.2, 0) is 4.79 Å². The van der Waals surface area contributed by atoms with Gasteiger partial charge in [0.05, 0.1) is 10.6 Å². The molecule has 2 rings (SSSR count). The first-order chi connectivity index (χ1) is 10.9. The van der Waals surface area contributed by atoms with Crippen LogP contribution in [0.25, 0.3) is 0 Å². The molecule has 0 radical (unpaired) electrons. The van der Waals surface area contributed by atoms with E-state index in [1.807, 2.05) is 25.7 Å². The lowest BCUT2D eigenvalue weighted by Gasteiger charge is -2.34. The summed E-state index contributed by atoms with van der Waals surface area (Å²) < 4.78 is 0. The minimum atomic E-state index is -0.0936. The molecule has 0 bridgehead atoms. The molecule has 2 amide bonds. The van der Waals surface area contributed by atoms with Crippen LogP contribution >= 0.6 is 24.0 Å². The average molecular weight is 374 g/mol. The lowest BCUT2D eigenvalue weighted by atomic mass is 10.1. The molecule has 7 heteroatoms. The number of hydrogen-bond acceptors (Lipinski definition) is 3. The molecule has 1 aromatic rings. The normalized spacial score (nSPS) is 17.4. The maximum absolute atomic E-state index is 12.7. The van der Waals surface area contributed by atoms with Gasteiger partial charge < -0.3 is 15.5 Å². The van der Waals surface area contributed by atoms with Crippen molar-refractivity contribution in [2.24, 2.45) is 5.92 Å². The van der Waals surface area contributed by atoms with E-state index < -0.39 is 0 Å². The van der Waals surface area contributed by atoms with E-state index in [4.69, 9.17) is 11.6 Å². The van der Waals surface area contributed by atoms with Crippen LogP contribution in [-0.4, -0.2) is 42.4 Å². The Morgan fingerprint density at radius 2 is 2.12 bits per heavy atom. The number of halogens is 2. The van der Waals surface area contributed by atoms with Crippen LogP contribution in [0.5, 0.6) is 0 Å². The third-order valence-corrected chi connectivity index (χ3v) is 4.17. The van der Waals surface area contributed by atoms with E-state index in [9.17, 15) is 9.59 Å². The number of piperazine rings is 1. The van der Waals surface area contributed by atoms with E-state index in [-0.39, 0.29) is 36.2 Å². The number of amides is 2. The lowest BCUT2D eigenvalue weighted by molar-refractivity contribution is -0.116. The van der Waals surface area contributed by atoms with Crippen molar-refractivity contribution in [1.82, 2.24) is 10.2 Å². The highest BCUT2D eigenvalue weighted by atomic mass is 35.5. The zero-order valence-electron chi connectivity index (χ0n) is 14.3. The number of rotatable bonds is 4. The molecule has 1 fully saturated rings. The molecule has 0 aromatic heterocycles. The van der Waals surface area contributed by atoms with E-state index >= 15 is 0 Å². The summed E-state index contributed by atoms with van der Waals surface area (Å²) in [6, 6.07) is 5.16. The summed E-state index contributed by atoms with van der Waals surface area (Å²) >= 11 is 6.20. The van der Waals surface area contributed by atoms with E-state index in [1.54, 1.807) is 18.2 Å². The van der Waals surface area contributed by atoms with Crippen molar-refractivity contribution in [1.29, 1.82) is 0 Å². The molecule has 0 spiro atoms. The van der Waals surface area contributed by atoms with Crippen molar-refractivity contribution >= 4 is 41.5 Å². The molecule has 2 N–H and O–H groups in total. The molecule has 0 aliphatic carbocycles. The van der Waals surface area contributed by atoms with Crippen molar-refractivity contribution in [3.8, 4) is 0 Å². The van der Waals surface area contributed by atoms with Crippen molar-refractivity contribution in [2.75, 3.05) is 25.0 Å². The number of carbonyl (C=O) groups excluding carboxylic acids is 2. The molecule has 134 valence electrons. The van der Waals surface area contributed by atoms with Gasteiger partial charge in [0.15, 0.2) is 0 Å². The topological polar surface area (TPSA) is 61.4 Å². The van der Waals surface area contributed by atoms with Crippen molar-refractivity contribution < 1.29 is 9.59 Å². The van der Waals surface area contributed by atoms with Crippen LogP contribution in [0.4, 0.5) is 5.69 Å². The zero-order chi connectivity index (χ0) is 17.0. The molecule has 1 aromatic carbocycles. The Hall–Kier alpha value is -1.30. The fourth-order valence-electron chi connectivity index (χ4n) is 2.65. The second-order valence-electron chi connectivity index (χ2n) is 6.39. The largest absolute Gasteiger partial charge is 0.333 e.